The molecule has 0 saturated heterocycles. The standard InChI is InChI=1S/C24H32N4O5S/c1-17-20(18(2)27(3)26-17)14-15-24(30)33-16-23(29)25-21-12-8-9-13-22(21)34(31,32)28(4)19-10-6-5-7-11-19/h8-9,12-15,19H,5-7,10-11,16H2,1-4H3,(H,25,29)/b15-14+. The number of esters is 1. The summed E-state index contributed by atoms with van der Waals surface area (Å²) in [7, 11) is -0.400. The number of amides is 1. The minimum Gasteiger partial charge on any atom is -0.452 e. The lowest BCUT2D eigenvalue weighted by atomic mass is 9.96. The summed E-state index contributed by atoms with van der Waals surface area (Å²) in [6, 6.07) is 6.20. The molecule has 1 aromatic heterocycles. The molecule has 184 valence electrons. The highest BCUT2D eigenvalue weighted by Gasteiger charge is 2.31. The predicted octanol–water partition coefficient (Wildman–Crippen LogP) is 3.19. The Hall–Kier alpha value is -2.98. The fraction of sp³-hybridized carbons (Fsp3) is 0.458. The van der Waals surface area contributed by atoms with E-state index < -0.39 is 28.5 Å². The normalized spacial score (nSPS) is 15.1. The number of aryl methyl sites for hydroxylation is 2. The second-order valence-electron chi connectivity index (χ2n) is 8.51. The zero-order valence-corrected chi connectivity index (χ0v) is 20.9. The molecule has 1 aliphatic rings. The molecular weight excluding hydrogens is 456 g/mol. The van der Waals surface area contributed by atoms with E-state index in [1.165, 1.54) is 22.5 Å². The SMILES string of the molecule is Cc1nn(C)c(C)c1/C=C/C(=O)OCC(=O)Nc1ccccc1S(=O)(=O)N(C)C1CCCCC1. The van der Waals surface area contributed by atoms with Gasteiger partial charge in [0.1, 0.15) is 4.90 Å². The molecule has 0 atom stereocenters. The molecule has 9 nitrogen and oxygen atoms in total. The monoisotopic (exact) mass is 488 g/mol. The van der Waals surface area contributed by atoms with Gasteiger partial charge in [-0.15, -0.1) is 0 Å². The highest BCUT2D eigenvalue weighted by Crippen LogP contribution is 2.29. The minimum absolute atomic E-state index is 0.0187. The van der Waals surface area contributed by atoms with E-state index in [0.717, 1.165) is 49.1 Å². The number of sulfonamides is 1. The van der Waals surface area contributed by atoms with E-state index in [9.17, 15) is 18.0 Å². The number of aromatic nitrogens is 2. The van der Waals surface area contributed by atoms with Crippen molar-refractivity contribution in [1.82, 2.24) is 14.1 Å². The quantitative estimate of drug-likeness (QED) is 0.451. The molecule has 1 aromatic carbocycles. The number of carbonyl (C=O) groups excluding carboxylic acids is 2. The number of nitrogens with zero attached hydrogens (tertiary/aromatic N) is 3. The summed E-state index contributed by atoms with van der Waals surface area (Å²) in [4.78, 5) is 24.5. The van der Waals surface area contributed by atoms with E-state index in [0.29, 0.717) is 0 Å². The Bertz CT molecular complexity index is 1180. The Kier molecular flexibility index (Phi) is 8.27. The zero-order chi connectivity index (χ0) is 24.9. The maximum Gasteiger partial charge on any atom is 0.331 e. The predicted molar refractivity (Wildman–Crippen MR) is 130 cm³/mol. The maximum absolute atomic E-state index is 13.2. The first kappa shape index (κ1) is 25.6. The van der Waals surface area contributed by atoms with Gasteiger partial charge in [-0.05, 0) is 44.9 Å². The van der Waals surface area contributed by atoms with E-state index in [4.69, 9.17) is 4.74 Å². The van der Waals surface area contributed by atoms with Gasteiger partial charge in [-0.1, -0.05) is 31.4 Å². The van der Waals surface area contributed by atoms with Gasteiger partial charge < -0.3 is 10.1 Å². The summed E-state index contributed by atoms with van der Waals surface area (Å²) < 4.78 is 34.6. The van der Waals surface area contributed by atoms with E-state index >= 15 is 0 Å². The van der Waals surface area contributed by atoms with Crippen molar-refractivity contribution in [3.63, 3.8) is 0 Å². The topological polar surface area (TPSA) is 111 Å². The molecule has 0 bridgehead atoms. The Labute approximate surface area is 200 Å². The van der Waals surface area contributed by atoms with Crippen LogP contribution >= 0.6 is 0 Å². The number of ether oxygens (including phenoxy) is 1. The third kappa shape index (κ3) is 5.92. The first-order valence-corrected chi connectivity index (χ1v) is 12.8. The van der Waals surface area contributed by atoms with Crippen molar-refractivity contribution >= 4 is 33.7 Å². The number of para-hydroxylation sites is 1. The van der Waals surface area contributed by atoms with Crippen LogP contribution in [0.25, 0.3) is 6.08 Å². The largest absolute Gasteiger partial charge is 0.452 e. The van der Waals surface area contributed by atoms with Gasteiger partial charge in [0, 0.05) is 37.5 Å². The van der Waals surface area contributed by atoms with E-state index in [2.05, 4.69) is 10.4 Å². The zero-order valence-electron chi connectivity index (χ0n) is 20.1. The van der Waals surface area contributed by atoms with Crippen LogP contribution in [0.4, 0.5) is 5.69 Å². The maximum atomic E-state index is 13.2. The van der Waals surface area contributed by atoms with Crippen LogP contribution < -0.4 is 5.32 Å². The second kappa shape index (κ2) is 11.0. The van der Waals surface area contributed by atoms with Gasteiger partial charge in [-0.2, -0.15) is 9.40 Å². The molecule has 1 amide bonds. The van der Waals surface area contributed by atoms with Crippen LogP contribution in [-0.4, -0.2) is 54.1 Å². The average Bonchev–Trinajstić information content (AvgIpc) is 3.07. The van der Waals surface area contributed by atoms with E-state index in [-0.39, 0.29) is 16.6 Å². The van der Waals surface area contributed by atoms with Crippen molar-refractivity contribution < 1.29 is 22.7 Å². The smallest absolute Gasteiger partial charge is 0.331 e. The van der Waals surface area contributed by atoms with Crippen molar-refractivity contribution in [3.05, 3.63) is 47.3 Å². The molecule has 10 heteroatoms. The summed E-state index contributed by atoms with van der Waals surface area (Å²) in [6.45, 7) is 3.18. The third-order valence-corrected chi connectivity index (χ3v) is 8.17. The fourth-order valence-electron chi connectivity index (χ4n) is 4.14. The Morgan fingerprint density at radius 2 is 1.88 bits per heavy atom. The molecule has 34 heavy (non-hydrogen) atoms. The molecule has 1 fully saturated rings. The number of rotatable bonds is 8. The van der Waals surface area contributed by atoms with Gasteiger partial charge in [0.05, 0.1) is 11.4 Å². The van der Waals surface area contributed by atoms with Crippen LogP contribution in [0.1, 0.15) is 49.1 Å². The number of hydrogen-bond donors (Lipinski definition) is 1. The summed E-state index contributed by atoms with van der Waals surface area (Å²) in [5.74, 6) is -1.31. The molecule has 2 aromatic rings. The number of benzene rings is 1. The van der Waals surface area contributed by atoms with Gasteiger partial charge in [0.2, 0.25) is 10.0 Å². The van der Waals surface area contributed by atoms with Crippen LogP contribution in [0, 0.1) is 13.8 Å². The number of nitrogens with one attached hydrogen (secondary N) is 1. The Morgan fingerprint density at radius 3 is 2.53 bits per heavy atom. The molecule has 1 aliphatic carbocycles. The highest BCUT2D eigenvalue weighted by molar-refractivity contribution is 7.89. The second-order valence-corrected chi connectivity index (χ2v) is 10.5. The van der Waals surface area contributed by atoms with Crippen molar-refractivity contribution in [1.29, 1.82) is 0 Å². The van der Waals surface area contributed by atoms with Crippen molar-refractivity contribution in [2.75, 3.05) is 19.0 Å². The first-order valence-electron chi connectivity index (χ1n) is 11.3. The van der Waals surface area contributed by atoms with Crippen molar-refractivity contribution in [3.8, 4) is 0 Å². The number of anilines is 1. The van der Waals surface area contributed by atoms with Gasteiger partial charge in [0.25, 0.3) is 5.91 Å². The average molecular weight is 489 g/mol. The minimum atomic E-state index is -3.80. The lowest BCUT2D eigenvalue weighted by Gasteiger charge is -2.30. The van der Waals surface area contributed by atoms with Crippen LogP contribution in [0.2, 0.25) is 0 Å². The number of hydrogen-bond acceptors (Lipinski definition) is 6. The van der Waals surface area contributed by atoms with Gasteiger partial charge in [-0.3, -0.25) is 9.48 Å². The Balaban J connectivity index is 1.63. The Morgan fingerprint density at radius 1 is 1.21 bits per heavy atom. The molecule has 0 unspecified atom stereocenters. The molecule has 0 spiro atoms. The van der Waals surface area contributed by atoms with Crippen molar-refractivity contribution in [2.45, 2.75) is 56.9 Å². The molecule has 1 N–H and O–H groups in total. The highest BCUT2D eigenvalue weighted by atomic mass is 32.2. The van der Waals surface area contributed by atoms with E-state index in [1.54, 1.807) is 29.9 Å². The van der Waals surface area contributed by atoms with Gasteiger partial charge in [-0.25, -0.2) is 13.2 Å². The summed E-state index contributed by atoms with van der Waals surface area (Å²) >= 11 is 0. The molecule has 1 saturated carbocycles. The number of carbonyl (C=O) groups is 2. The van der Waals surface area contributed by atoms with Gasteiger partial charge in [0.15, 0.2) is 6.61 Å². The third-order valence-electron chi connectivity index (χ3n) is 6.20. The van der Waals surface area contributed by atoms with Crippen molar-refractivity contribution in [2.24, 2.45) is 7.05 Å². The molecule has 0 radical (unpaired) electrons. The van der Waals surface area contributed by atoms with E-state index in [1.807, 2.05) is 20.9 Å². The van der Waals surface area contributed by atoms with Gasteiger partial charge >= 0.3 is 5.97 Å². The summed E-state index contributed by atoms with van der Waals surface area (Å²) in [5, 5.41) is 6.84. The molecule has 1 heterocycles. The van der Waals surface area contributed by atoms with Crippen LogP contribution in [0.5, 0.6) is 0 Å². The molecule has 0 aliphatic heterocycles. The van der Waals surface area contributed by atoms with Crippen LogP contribution in [0.15, 0.2) is 35.2 Å². The lowest BCUT2D eigenvalue weighted by Crippen LogP contribution is -2.38. The molecule has 3 rings (SSSR count). The van der Waals surface area contributed by atoms with Crippen LogP contribution in [0.3, 0.4) is 0 Å². The van der Waals surface area contributed by atoms with Crippen LogP contribution in [-0.2, 0) is 31.4 Å². The lowest BCUT2D eigenvalue weighted by molar-refractivity contribution is -0.142. The first-order chi connectivity index (χ1) is 16.1. The summed E-state index contributed by atoms with van der Waals surface area (Å²) in [5.41, 5.74) is 2.64. The summed E-state index contributed by atoms with van der Waals surface area (Å²) in [6.07, 6.45) is 7.61. The fourth-order valence-corrected chi connectivity index (χ4v) is 5.71. The molecular formula is C24H32N4O5S.